The molecule has 15 heavy (non-hydrogen) atoms. The standard InChI is InChI=1S/C11H14FNO2/c1-4-5-9-6-13(11(14)15-3)7-10(9)8(2)12/h4-5H,2,6-7H2,1,3H3/b5-4-. The Morgan fingerprint density at radius 3 is 2.73 bits per heavy atom. The summed E-state index contributed by atoms with van der Waals surface area (Å²) in [5, 5.41) is 0. The summed E-state index contributed by atoms with van der Waals surface area (Å²) in [4.78, 5) is 12.7. The second kappa shape index (κ2) is 4.77. The van der Waals surface area contributed by atoms with E-state index >= 15 is 0 Å². The first kappa shape index (κ1) is 11.5. The van der Waals surface area contributed by atoms with Gasteiger partial charge in [0, 0.05) is 12.1 Å². The van der Waals surface area contributed by atoms with Gasteiger partial charge in [-0.25, -0.2) is 9.18 Å². The first-order valence-corrected chi connectivity index (χ1v) is 4.62. The number of ether oxygens (including phenoxy) is 1. The SMILES string of the molecule is C=C(F)C1=C(/C=C\C)CN(C(=O)OC)C1. The molecule has 0 aromatic carbocycles. The molecule has 0 fully saturated rings. The minimum absolute atomic E-state index is 0.224. The topological polar surface area (TPSA) is 29.5 Å². The highest BCUT2D eigenvalue weighted by Gasteiger charge is 2.26. The summed E-state index contributed by atoms with van der Waals surface area (Å²) in [6.07, 6.45) is 3.13. The van der Waals surface area contributed by atoms with Gasteiger partial charge in [-0.3, -0.25) is 4.90 Å². The molecule has 0 spiro atoms. The normalized spacial score (nSPS) is 16.3. The van der Waals surface area contributed by atoms with E-state index in [1.54, 1.807) is 12.2 Å². The van der Waals surface area contributed by atoms with E-state index in [-0.39, 0.29) is 6.54 Å². The number of allylic oxidation sites excluding steroid dienone is 1. The molecule has 0 unspecified atom stereocenters. The monoisotopic (exact) mass is 211 g/mol. The fourth-order valence-electron chi connectivity index (χ4n) is 1.52. The maximum Gasteiger partial charge on any atom is 0.410 e. The lowest BCUT2D eigenvalue weighted by atomic mass is 10.1. The molecule has 0 aromatic rings. The van der Waals surface area contributed by atoms with Gasteiger partial charge >= 0.3 is 6.09 Å². The molecule has 0 aromatic heterocycles. The number of nitrogens with zero attached hydrogens (tertiary/aromatic N) is 1. The van der Waals surface area contributed by atoms with E-state index in [0.717, 1.165) is 5.57 Å². The van der Waals surface area contributed by atoms with E-state index in [9.17, 15) is 9.18 Å². The van der Waals surface area contributed by atoms with Crippen LogP contribution in [0.1, 0.15) is 6.92 Å². The third kappa shape index (κ3) is 2.46. The van der Waals surface area contributed by atoms with Gasteiger partial charge in [0.1, 0.15) is 5.83 Å². The second-order valence-corrected chi connectivity index (χ2v) is 3.23. The van der Waals surface area contributed by atoms with Gasteiger partial charge in [-0.2, -0.15) is 0 Å². The summed E-state index contributed by atoms with van der Waals surface area (Å²) in [5.74, 6) is -0.491. The van der Waals surface area contributed by atoms with Crippen LogP contribution in [0.4, 0.5) is 9.18 Å². The molecule has 0 saturated carbocycles. The van der Waals surface area contributed by atoms with Crippen LogP contribution in [0.25, 0.3) is 0 Å². The highest BCUT2D eigenvalue weighted by atomic mass is 19.1. The Kier molecular flexibility index (Phi) is 3.66. The number of hydrogen-bond acceptors (Lipinski definition) is 2. The Labute approximate surface area is 88.5 Å². The van der Waals surface area contributed by atoms with Crippen LogP contribution in [0.15, 0.2) is 35.7 Å². The summed E-state index contributed by atoms with van der Waals surface area (Å²) >= 11 is 0. The zero-order chi connectivity index (χ0) is 11.4. The maximum atomic E-state index is 13.1. The van der Waals surface area contributed by atoms with Gasteiger partial charge in [-0.15, -0.1) is 0 Å². The lowest BCUT2D eigenvalue weighted by Gasteiger charge is -2.13. The molecule has 82 valence electrons. The van der Waals surface area contributed by atoms with Crippen molar-refractivity contribution in [1.29, 1.82) is 0 Å². The van der Waals surface area contributed by atoms with Crippen LogP contribution in [-0.2, 0) is 4.74 Å². The average molecular weight is 211 g/mol. The molecule has 3 nitrogen and oxygen atoms in total. The number of carbonyl (C=O) groups is 1. The first-order valence-electron chi connectivity index (χ1n) is 4.62. The zero-order valence-corrected chi connectivity index (χ0v) is 8.92. The molecule has 1 rings (SSSR count). The number of methoxy groups -OCH3 is 1. The zero-order valence-electron chi connectivity index (χ0n) is 8.92. The third-order valence-corrected chi connectivity index (χ3v) is 2.23. The van der Waals surface area contributed by atoms with Crippen LogP contribution in [-0.4, -0.2) is 31.2 Å². The van der Waals surface area contributed by atoms with Crippen LogP contribution >= 0.6 is 0 Å². The Balaban J connectivity index is 2.85. The van der Waals surface area contributed by atoms with E-state index in [1.165, 1.54) is 12.0 Å². The van der Waals surface area contributed by atoms with E-state index in [1.807, 2.05) is 6.92 Å². The molecule has 0 bridgehead atoms. The van der Waals surface area contributed by atoms with Crippen molar-refractivity contribution >= 4 is 6.09 Å². The van der Waals surface area contributed by atoms with Crippen LogP contribution in [0.2, 0.25) is 0 Å². The quantitative estimate of drug-likeness (QED) is 0.702. The van der Waals surface area contributed by atoms with Gasteiger partial charge in [-0.05, 0) is 12.5 Å². The van der Waals surface area contributed by atoms with E-state index < -0.39 is 11.9 Å². The molecule has 0 radical (unpaired) electrons. The summed E-state index contributed by atoms with van der Waals surface area (Å²) in [6.45, 7) is 5.69. The van der Waals surface area contributed by atoms with E-state index in [2.05, 4.69) is 11.3 Å². The number of hydrogen-bond donors (Lipinski definition) is 0. The van der Waals surface area contributed by atoms with Crippen molar-refractivity contribution in [2.24, 2.45) is 0 Å². The minimum Gasteiger partial charge on any atom is -0.453 e. The maximum absolute atomic E-state index is 13.1. The smallest absolute Gasteiger partial charge is 0.410 e. The molecular formula is C11H14FNO2. The number of carbonyl (C=O) groups excluding carboxylic acids is 1. The molecule has 1 amide bonds. The molecule has 1 heterocycles. The van der Waals surface area contributed by atoms with Gasteiger partial charge in [0.05, 0.1) is 13.7 Å². The second-order valence-electron chi connectivity index (χ2n) is 3.23. The molecular weight excluding hydrogens is 197 g/mol. The fraction of sp³-hybridized carbons (Fsp3) is 0.364. The molecule has 0 aliphatic carbocycles. The predicted molar refractivity (Wildman–Crippen MR) is 56.1 cm³/mol. The van der Waals surface area contributed by atoms with Gasteiger partial charge in [0.15, 0.2) is 0 Å². The van der Waals surface area contributed by atoms with Gasteiger partial charge < -0.3 is 4.74 Å². The lowest BCUT2D eigenvalue weighted by molar-refractivity contribution is 0.134. The summed E-state index contributed by atoms with van der Waals surface area (Å²) in [7, 11) is 1.31. The molecule has 4 heteroatoms. The Hall–Kier alpha value is -1.58. The minimum atomic E-state index is -0.491. The molecule has 0 atom stereocenters. The van der Waals surface area contributed by atoms with Crippen molar-refractivity contribution in [1.82, 2.24) is 4.90 Å². The number of rotatable bonds is 2. The van der Waals surface area contributed by atoms with E-state index in [0.29, 0.717) is 12.1 Å². The van der Waals surface area contributed by atoms with Crippen molar-refractivity contribution in [2.75, 3.05) is 20.2 Å². The van der Waals surface area contributed by atoms with Gasteiger partial charge in [-0.1, -0.05) is 18.7 Å². The van der Waals surface area contributed by atoms with Crippen molar-refractivity contribution < 1.29 is 13.9 Å². The van der Waals surface area contributed by atoms with Crippen molar-refractivity contribution in [2.45, 2.75) is 6.92 Å². The van der Waals surface area contributed by atoms with Crippen molar-refractivity contribution in [3.8, 4) is 0 Å². The Morgan fingerprint density at radius 1 is 1.60 bits per heavy atom. The van der Waals surface area contributed by atoms with Crippen LogP contribution in [0.5, 0.6) is 0 Å². The molecule has 0 saturated heterocycles. The summed E-state index contributed by atoms with van der Waals surface area (Å²) in [6, 6.07) is 0. The number of halogens is 1. The molecule has 1 aliphatic heterocycles. The fourth-order valence-corrected chi connectivity index (χ4v) is 1.52. The largest absolute Gasteiger partial charge is 0.453 e. The Bertz CT molecular complexity index is 344. The summed E-state index contributed by atoms with van der Waals surface area (Å²) < 4.78 is 17.6. The highest BCUT2D eigenvalue weighted by molar-refractivity contribution is 5.70. The lowest BCUT2D eigenvalue weighted by Crippen LogP contribution is -2.29. The van der Waals surface area contributed by atoms with Crippen LogP contribution in [0.3, 0.4) is 0 Å². The number of amides is 1. The third-order valence-electron chi connectivity index (χ3n) is 2.23. The van der Waals surface area contributed by atoms with Crippen molar-refractivity contribution in [3.63, 3.8) is 0 Å². The average Bonchev–Trinajstić information content (AvgIpc) is 2.61. The van der Waals surface area contributed by atoms with Crippen LogP contribution in [0, 0.1) is 0 Å². The Morgan fingerprint density at radius 2 is 2.27 bits per heavy atom. The highest BCUT2D eigenvalue weighted by Crippen LogP contribution is 2.25. The van der Waals surface area contributed by atoms with E-state index in [4.69, 9.17) is 0 Å². The van der Waals surface area contributed by atoms with Gasteiger partial charge in [0.25, 0.3) is 0 Å². The van der Waals surface area contributed by atoms with Crippen LogP contribution < -0.4 is 0 Å². The molecule has 0 N–H and O–H groups in total. The summed E-state index contributed by atoms with van der Waals surface area (Å²) in [5.41, 5.74) is 1.24. The first-order chi connectivity index (χ1) is 7.10. The molecule has 1 aliphatic rings. The van der Waals surface area contributed by atoms with Crippen molar-refractivity contribution in [3.05, 3.63) is 35.7 Å². The predicted octanol–water partition coefficient (Wildman–Crippen LogP) is 2.42. The van der Waals surface area contributed by atoms with Gasteiger partial charge in [0.2, 0.25) is 0 Å².